The van der Waals surface area contributed by atoms with Gasteiger partial charge in [-0.15, -0.1) is 0 Å². The quantitative estimate of drug-likeness (QED) is 0.0889. The maximum absolute atomic E-state index is 18.1. The molecule has 3 aromatic heterocycles. The molecular weight excluding hydrogens is 1240 g/mol. The number of aromatic nitrogens is 4. The lowest BCUT2D eigenvalue weighted by molar-refractivity contribution is -0.166. The number of cyclic esters (lactones) is 2. The highest BCUT2D eigenvalue weighted by Gasteiger charge is 3.01. The number of esters is 2. The first-order valence-corrected chi connectivity index (χ1v) is 37.0. The van der Waals surface area contributed by atoms with Gasteiger partial charge in [0.25, 0.3) is 0 Å². The molecule has 1 fully saturated rings. The molecule has 8 heteroatoms. The summed E-state index contributed by atoms with van der Waals surface area (Å²) in [4.78, 5) is 54.7. The highest BCUT2D eigenvalue weighted by Crippen LogP contribution is 2.97. The number of rotatable bonds is 0. The van der Waals surface area contributed by atoms with E-state index >= 15 is 9.59 Å². The lowest BCUT2D eigenvalue weighted by Crippen LogP contribution is -2.39. The summed E-state index contributed by atoms with van der Waals surface area (Å²) in [5.41, 5.74) is 15.4. The van der Waals surface area contributed by atoms with Crippen molar-refractivity contribution in [2.45, 2.75) is 64.2 Å². The van der Waals surface area contributed by atoms with Crippen molar-refractivity contribution >= 4 is 348 Å². The van der Waals surface area contributed by atoms with Crippen LogP contribution in [0.4, 0.5) is 0 Å². The predicted molar refractivity (Wildman–Crippen MR) is 412 cm³/mol. The molecule has 101 heavy (non-hydrogen) atoms. The molecule has 3 aliphatic heterocycles. The van der Waals surface area contributed by atoms with Gasteiger partial charge in [-0.3, -0.25) is 9.59 Å². The van der Waals surface area contributed by atoms with Crippen molar-refractivity contribution in [2.75, 3.05) is 13.2 Å². The molecule has 31 aromatic rings. The van der Waals surface area contributed by atoms with Crippen LogP contribution in [0.5, 0.6) is 0 Å². The summed E-state index contributed by atoms with van der Waals surface area (Å²) in [6, 6.07) is 11.0. The van der Waals surface area contributed by atoms with Gasteiger partial charge in [-0.05, 0) is 436 Å². The fourth-order valence-electron chi connectivity index (χ4n) is 30.9. The topological polar surface area (TPSA) is 110 Å². The first-order chi connectivity index (χ1) is 49.7. The number of carbonyl (C=O) groups excluding carboxylic acids is 2. The Kier molecular flexibility index (Phi) is 4.73. The number of fused-ring (bicyclic) bond motifs is 6. The molecule has 0 unspecified atom stereocenters. The number of benzene rings is 18. The van der Waals surface area contributed by atoms with Crippen molar-refractivity contribution in [3.8, 4) is 0 Å². The molecule has 6 heterocycles. The third-order valence-corrected chi connectivity index (χ3v) is 32.7. The van der Waals surface area contributed by atoms with Gasteiger partial charge in [-0.1, -0.05) is 0 Å². The van der Waals surface area contributed by atoms with Gasteiger partial charge in [0, 0.05) is 22.1 Å². The molecule has 8 bridgehead atoms. The minimum absolute atomic E-state index is 0.136. The molecule has 1 saturated carbocycles. The molecule has 0 radical (unpaired) electrons. The predicted octanol–water partition coefficient (Wildman–Crippen LogP) is 22.5. The maximum Gasteiger partial charge on any atom is 0.326 e. The summed E-state index contributed by atoms with van der Waals surface area (Å²) >= 11 is 0. The first kappa shape index (κ1) is 43.4. The van der Waals surface area contributed by atoms with Gasteiger partial charge in [0.05, 0.1) is 46.8 Å². The molecule has 0 amide bonds. The Hall–Kier alpha value is -12.0. The van der Waals surface area contributed by atoms with Crippen LogP contribution in [0.2, 0.25) is 0 Å². The Morgan fingerprint density at radius 1 is 0.327 bits per heavy atom. The van der Waals surface area contributed by atoms with E-state index in [9.17, 15) is 0 Å². The van der Waals surface area contributed by atoms with Crippen molar-refractivity contribution in [1.29, 1.82) is 0 Å². The molecule has 0 saturated heterocycles. The molecule has 448 valence electrons. The molecule has 8 aliphatic rings. The van der Waals surface area contributed by atoms with Gasteiger partial charge in [-0.2, -0.15) is 0 Å². The molecule has 5 aliphatic carbocycles. The van der Waals surface area contributed by atoms with E-state index in [2.05, 4.69) is 74.1 Å². The second-order valence-corrected chi connectivity index (χ2v) is 34.7. The van der Waals surface area contributed by atoms with Crippen LogP contribution < -0.4 is 0 Å². The minimum atomic E-state index is -1.82. The largest absolute Gasteiger partial charge is 0.465 e. The fourth-order valence-corrected chi connectivity index (χ4v) is 30.9. The number of aromatic amines is 2. The number of ether oxygens (including phenoxy) is 2. The van der Waals surface area contributed by atoms with E-state index in [-0.39, 0.29) is 13.2 Å². The second kappa shape index (κ2) is 11.0. The number of hydrogen-bond donors (Lipinski definition) is 2. The molecule has 28 aromatic carbocycles. The number of hydrogen-bond acceptors (Lipinski definition) is 6. The minimum Gasteiger partial charge on any atom is -0.465 e. The SMILES string of the molecule is CC1=Cc2cc3[nH]c4cc5nc(cc6[nH]c(cc1n2)cc6C)C(C)=C5CCCOC(=O)C1(C(=O)OCCCc4c3C)C23c4c5c6c7c8c9c(c%10c%11c2c2c4c4c%12c5c5c6c6c8c8c%13c9c9c%10c%10c%11c%11c2c2c4c4c%12c%12c5c5c6c8c6c8c%13c9c9c%10c%10c%11c2c2c4c4c%12c5c6c5c8c9c%10c2c45)C713. The third kappa shape index (κ3) is 2.88. The average molecular weight is 1270 g/mol. The molecular formula is C93H32N4O4. The van der Waals surface area contributed by atoms with Crippen LogP contribution in [0.3, 0.4) is 0 Å². The zero-order valence-corrected chi connectivity index (χ0v) is 53.7. The highest BCUT2D eigenvalue weighted by atomic mass is 16.6. The fraction of sp³-hybridized carbons (Fsp3) is 0.140. The Balaban J connectivity index is 0.726. The van der Waals surface area contributed by atoms with Crippen LogP contribution in [0.15, 0.2) is 30.3 Å². The van der Waals surface area contributed by atoms with E-state index in [0.29, 0.717) is 25.7 Å². The zero-order chi connectivity index (χ0) is 63.0. The number of nitrogens with one attached hydrogen (secondary N) is 2. The Bertz CT molecular complexity index is 9080. The number of nitrogens with zero attached hydrogens (tertiary/aromatic N) is 2. The normalized spacial score (nSPS) is 22.6. The summed E-state index contributed by atoms with van der Waals surface area (Å²) in [6.45, 7) is 9.02. The lowest BCUT2D eigenvalue weighted by atomic mass is 9.68. The van der Waals surface area contributed by atoms with E-state index < -0.39 is 28.2 Å². The van der Waals surface area contributed by atoms with Crippen molar-refractivity contribution in [1.82, 2.24) is 19.9 Å². The maximum atomic E-state index is 18.1. The van der Waals surface area contributed by atoms with Crippen molar-refractivity contribution in [3.63, 3.8) is 0 Å². The Morgan fingerprint density at radius 2 is 0.663 bits per heavy atom. The number of aryl methyl sites for hydroxylation is 3. The first-order valence-electron chi connectivity index (χ1n) is 37.0. The van der Waals surface area contributed by atoms with Crippen LogP contribution >= 0.6 is 0 Å². The summed E-state index contributed by atoms with van der Waals surface area (Å²) in [5.74, 6) is -0.799. The van der Waals surface area contributed by atoms with Gasteiger partial charge in [0.15, 0.2) is 5.41 Å². The summed E-state index contributed by atoms with van der Waals surface area (Å²) in [5, 5.41) is 79.4. The van der Waals surface area contributed by atoms with Crippen LogP contribution in [-0.2, 0) is 36.3 Å². The zero-order valence-electron chi connectivity index (χ0n) is 53.7. The second-order valence-electron chi connectivity index (χ2n) is 34.7. The Labute approximate surface area is 558 Å². The van der Waals surface area contributed by atoms with Crippen LogP contribution in [0.1, 0.15) is 94.8 Å². The molecule has 2 N–H and O–H groups in total. The van der Waals surface area contributed by atoms with Crippen LogP contribution in [0.25, 0.3) is 336 Å². The van der Waals surface area contributed by atoms with Crippen molar-refractivity contribution in [3.05, 3.63) is 92.1 Å². The molecule has 0 atom stereocenters. The van der Waals surface area contributed by atoms with E-state index in [4.69, 9.17) is 19.4 Å². The van der Waals surface area contributed by atoms with E-state index in [1.165, 1.54) is 265 Å². The van der Waals surface area contributed by atoms with Crippen molar-refractivity contribution in [2.24, 2.45) is 5.41 Å². The summed E-state index contributed by atoms with van der Waals surface area (Å²) in [6.07, 6.45) is 4.53. The monoisotopic (exact) mass is 1270 g/mol. The van der Waals surface area contributed by atoms with E-state index in [1.54, 1.807) is 53.9 Å². The van der Waals surface area contributed by atoms with E-state index in [1.807, 2.05) is 0 Å². The smallest absolute Gasteiger partial charge is 0.326 e. The van der Waals surface area contributed by atoms with Crippen LogP contribution in [-0.4, -0.2) is 45.1 Å². The van der Waals surface area contributed by atoms with Gasteiger partial charge < -0.3 is 19.4 Å². The molecule has 8 nitrogen and oxygen atoms in total. The Morgan fingerprint density at radius 3 is 1.03 bits per heavy atom. The van der Waals surface area contributed by atoms with Crippen LogP contribution in [0, 0.1) is 19.3 Å². The third-order valence-electron chi connectivity index (χ3n) is 32.7. The van der Waals surface area contributed by atoms with E-state index in [0.717, 1.165) is 72.7 Å². The molecule has 39 rings (SSSR count). The lowest BCUT2D eigenvalue weighted by Gasteiger charge is -2.32. The highest BCUT2D eigenvalue weighted by molar-refractivity contribution is 6.82. The average Bonchev–Trinajstić information content (AvgIpc) is 1.35. The van der Waals surface area contributed by atoms with Gasteiger partial charge in [0.1, 0.15) is 0 Å². The van der Waals surface area contributed by atoms with Gasteiger partial charge >= 0.3 is 11.9 Å². The summed E-state index contributed by atoms with van der Waals surface area (Å²) in [7, 11) is 0. The summed E-state index contributed by atoms with van der Waals surface area (Å²) < 4.78 is 14.9. The van der Waals surface area contributed by atoms with Gasteiger partial charge in [-0.25, -0.2) is 9.97 Å². The molecule has 3 spiro atoms. The van der Waals surface area contributed by atoms with Gasteiger partial charge in [0.2, 0.25) is 0 Å². The number of H-pyrrole nitrogens is 2. The number of allylic oxidation sites excluding steroid dienone is 3. The standard InChI is InChI=1S/C93H32N4O4/c1-17-11-22-14-27-19(3)23-7-5-9-100-89(98)93(90(99)101-10-6-8-24-20(4)28(97-30(24)16-29(23)96-27)15-26-18(2)12-21(95-26)13-25(17)94-22)91-85-77-69-59-49-41-33-31-32-35-39-37(33)45-53-47(39)57-51-43(35)44-36(32)40-38-34(31)42(41)50-56-46(38)54-48(40)58-52(44)62-61(51)71-65(57)75-67(53)73(63(69)55(45)49)81(85)83(75)87-79(71)80-72(62)66(58)76-68(54)74-64(56)70(60(50)59)78(77)86(91)82(74)84(76)88(80)92(87,91)93/h11-16,95-96H,5-10H2,1-4H3. The van der Waals surface area contributed by atoms with Crippen molar-refractivity contribution < 1.29 is 19.1 Å². The number of carbonyl (C=O) groups is 2.